The Bertz CT molecular complexity index is 1110. The molecule has 1 saturated heterocycles. The van der Waals surface area contributed by atoms with Crippen LogP contribution >= 0.6 is 0 Å². The van der Waals surface area contributed by atoms with Crippen molar-refractivity contribution in [3.63, 3.8) is 0 Å². The van der Waals surface area contributed by atoms with Gasteiger partial charge in [-0.3, -0.25) is 9.59 Å². The van der Waals surface area contributed by atoms with Crippen LogP contribution in [0.3, 0.4) is 0 Å². The summed E-state index contributed by atoms with van der Waals surface area (Å²) in [7, 11) is 0. The molecule has 2 heterocycles. The highest BCUT2D eigenvalue weighted by Gasteiger charge is 2.44. The molecule has 0 spiro atoms. The van der Waals surface area contributed by atoms with E-state index in [1.165, 1.54) is 12.1 Å². The maximum atomic E-state index is 13.3. The van der Waals surface area contributed by atoms with Gasteiger partial charge >= 0.3 is 6.18 Å². The van der Waals surface area contributed by atoms with Crippen molar-refractivity contribution in [2.45, 2.75) is 32.1 Å². The van der Waals surface area contributed by atoms with E-state index in [-0.39, 0.29) is 6.42 Å². The number of imide groups is 1. The fraction of sp³-hybridized carbons (Fsp3) is 0.250. The second kappa shape index (κ2) is 6.91. The number of amides is 2. The normalized spacial score (nSPS) is 17.4. The van der Waals surface area contributed by atoms with Crippen LogP contribution in [0.5, 0.6) is 0 Å². The first kappa shape index (κ1) is 19.0. The van der Waals surface area contributed by atoms with Gasteiger partial charge in [-0.05, 0) is 31.2 Å². The van der Waals surface area contributed by atoms with E-state index in [4.69, 9.17) is 0 Å². The number of hydrogen-bond donors (Lipinski definition) is 1. The number of nitrogens with zero attached hydrogens (tertiary/aromatic N) is 3. The quantitative estimate of drug-likeness (QED) is 0.674. The average molecular weight is 402 g/mol. The van der Waals surface area contributed by atoms with Crippen molar-refractivity contribution in [1.29, 1.82) is 0 Å². The molecular formula is C20H17F3N4O2. The van der Waals surface area contributed by atoms with Gasteiger partial charge in [-0.25, -0.2) is 9.88 Å². The summed E-state index contributed by atoms with van der Waals surface area (Å²) in [6.45, 7) is 2.48. The van der Waals surface area contributed by atoms with Crippen LogP contribution in [0.15, 0.2) is 48.5 Å². The summed E-state index contributed by atoms with van der Waals surface area (Å²) in [4.78, 5) is 30.4. The van der Waals surface area contributed by atoms with Crippen LogP contribution in [0.25, 0.3) is 11.0 Å². The predicted molar refractivity (Wildman–Crippen MR) is 101 cm³/mol. The maximum Gasteiger partial charge on any atom is 0.418 e. The molecule has 3 aromatic rings. The molecule has 0 aliphatic carbocycles. The van der Waals surface area contributed by atoms with Gasteiger partial charge in [0.2, 0.25) is 11.9 Å². The van der Waals surface area contributed by atoms with Crippen LogP contribution < -0.4 is 10.2 Å². The lowest BCUT2D eigenvalue weighted by atomic mass is 10.1. The Morgan fingerprint density at radius 1 is 1.10 bits per heavy atom. The maximum absolute atomic E-state index is 13.3. The number of nitrogens with one attached hydrogen (secondary N) is 1. The number of para-hydroxylation sites is 3. The molecule has 1 aliphatic rings. The summed E-state index contributed by atoms with van der Waals surface area (Å²) in [5.41, 5.74) is 0.0906. The number of hydrogen-bond acceptors (Lipinski definition) is 4. The number of halogens is 3. The van der Waals surface area contributed by atoms with Crippen LogP contribution in [0.1, 0.15) is 18.9 Å². The number of fused-ring (bicyclic) bond motifs is 1. The SMILES string of the molecule is CCn1c(N[C@H]2CC(=O)N(c3ccccc3C(F)(F)F)C2=O)nc2ccccc21. The molecule has 0 unspecified atom stereocenters. The zero-order valence-corrected chi connectivity index (χ0v) is 15.4. The van der Waals surface area contributed by atoms with Gasteiger partial charge < -0.3 is 9.88 Å². The van der Waals surface area contributed by atoms with Crippen LogP contribution in [-0.4, -0.2) is 27.4 Å². The topological polar surface area (TPSA) is 67.2 Å². The minimum absolute atomic E-state index is 0.252. The van der Waals surface area contributed by atoms with Gasteiger partial charge in [0, 0.05) is 6.54 Å². The molecule has 2 amide bonds. The largest absolute Gasteiger partial charge is 0.418 e. The first-order chi connectivity index (χ1) is 13.8. The Morgan fingerprint density at radius 2 is 1.79 bits per heavy atom. The van der Waals surface area contributed by atoms with Crippen LogP contribution in [0.2, 0.25) is 0 Å². The fourth-order valence-corrected chi connectivity index (χ4v) is 3.57. The van der Waals surface area contributed by atoms with Crippen LogP contribution in [0, 0.1) is 0 Å². The molecule has 1 atom stereocenters. The lowest BCUT2D eigenvalue weighted by molar-refractivity contribution is -0.137. The molecule has 4 rings (SSSR count). The number of carbonyl (C=O) groups excluding carboxylic acids is 2. The molecular weight excluding hydrogens is 385 g/mol. The van der Waals surface area contributed by atoms with E-state index < -0.39 is 35.3 Å². The molecule has 150 valence electrons. The Kier molecular flexibility index (Phi) is 4.52. The highest BCUT2D eigenvalue weighted by atomic mass is 19.4. The van der Waals surface area contributed by atoms with E-state index in [0.29, 0.717) is 22.9 Å². The number of aromatic nitrogens is 2. The zero-order chi connectivity index (χ0) is 20.8. The second-order valence-corrected chi connectivity index (χ2v) is 6.65. The van der Waals surface area contributed by atoms with Crippen LogP contribution in [-0.2, 0) is 22.3 Å². The molecule has 0 bridgehead atoms. The molecule has 1 aliphatic heterocycles. The van der Waals surface area contributed by atoms with E-state index in [1.807, 2.05) is 35.8 Å². The van der Waals surface area contributed by atoms with Gasteiger partial charge in [0.15, 0.2) is 0 Å². The minimum Gasteiger partial charge on any atom is -0.343 e. The van der Waals surface area contributed by atoms with Crippen molar-refractivity contribution in [1.82, 2.24) is 9.55 Å². The smallest absolute Gasteiger partial charge is 0.343 e. The van der Waals surface area contributed by atoms with Crippen LogP contribution in [0.4, 0.5) is 24.8 Å². The first-order valence-corrected chi connectivity index (χ1v) is 9.06. The Morgan fingerprint density at radius 3 is 2.52 bits per heavy atom. The molecule has 1 aromatic heterocycles. The fourth-order valence-electron chi connectivity index (χ4n) is 3.57. The van der Waals surface area contributed by atoms with Gasteiger partial charge in [0.25, 0.3) is 5.91 Å². The molecule has 1 N–H and O–H groups in total. The van der Waals surface area contributed by atoms with E-state index >= 15 is 0 Å². The van der Waals surface area contributed by atoms with Gasteiger partial charge in [0.1, 0.15) is 6.04 Å². The predicted octanol–water partition coefficient (Wildman–Crippen LogP) is 3.82. The summed E-state index contributed by atoms with van der Waals surface area (Å²) in [5, 5.41) is 2.95. The third-order valence-electron chi connectivity index (χ3n) is 4.87. The van der Waals surface area contributed by atoms with Gasteiger partial charge in [-0.15, -0.1) is 0 Å². The number of aryl methyl sites for hydroxylation is 1. The molecule has 1 fully saturated rings. The van der Waals surface area contributed by atoms with Crippen molar-refractivity contribution in [2.24, 2.45) is 0 Å². The number of carbonyl (C=O) groups is 2. The van der Waals surface area contributed by atoms with E-state index in [9.17, 15) is 22.8 Å². The van der Waals surface area contributed by atoms with Crippen molar-refractivity contribution in [2.75, 3.05) is 10.2 Å². The van der Waals surface area contributed by atoms with Crippen molar-refractivity contribution in [3.8, 4) is 0 Å². The molecule has 6 nitrogen and oxygen atoms in total. The minimum atomic E-state index is -4.68. The Balaban J connectivity index is 1.67. The lowest BCUT2D eigenvalue weighted by Crippen LogP contribution is -2.36. The van der Waals surface area contributed by atoms with Crippen molar-refractivity contribution in [3.05, 3.63) is 54.1 Å². The summed E-state index contributed by atoms with van der Waals surface area (Å²) in [6.07, 6.45) is -4.93. The van der Waals surface area contributed by atoms with E-state index in [1.54, 1.807) is 0 Å². The Labute approximate surface area is 163 Å². The zero-order valence-electron chi connectivity index (χ0n) is 15.4. The first-order valence-electron chi connectivity index (χ1n) is 9.06. The molecule has 2 aromatic carbocycles. The van der Waals surface area contributed by atoms with Crippen molar-refractivity contribution >= 4 is 34.5 Å². The Hall–Kier alpha value is -3.36. The number of imidazole rings is 1. The second-order valence-electron chi connectivity index (χ2n) is 6.65. The van der Waals surface area contributed by atoms with Gasteiger partial charge in [-0.1, -0.05) is 24.3 Å². The number of rotatable bonds is 4. The monoisotopic (exact) mass is 402 g/mol. The average Bonchev–Trinajstić information content (AvgIpc) is 3.17. The summed E-state index contributed by atoms with van der Waals surface area (Å²) >= 11 is 0. The summed E-state index contributed by atoms with van der Waals surface area (Å²) < 4.78 is 41.9. The van der Waals surface area contributed by atoms with Gasteiger partial charge in [-0.2, -0.15) is 13.2 Å². The molecule has 0 saturated carbocycles. The third-order valence-corrected chi connectivity index (χ3v) is 4.87. The standard InChI is InChI=1S/C20H17F3N4O2/c1-2-26-16-10-6-4-8-13(16)24-19(26)25-14-11-17(28)27(18(14)29)15-9-5-3-7-12(15)20(21,22)23/h3-10,14H,2,11H2,1H3,(H,24,25)/t14-/m0/s1. The summed E-state index contributed by atoms with van der Waals surface area (Å²) in [6, 6.07) is 11.0. The van der Waals surface area contributed by atoms with E-state index in [2.05, 4.69) is 10.3 Å². The lowest BCUT2D eigenvalue weighted by Gasteiger charge is -2.20. The number of alkyl halides is 3. The molecule has 9 heteroatoms. The molecule has 29 heavy (non-hydrogen) atoms. The highest BCUT2D eigenvalue weighted by Crippen LogP contribution is 2.38. The van der Waals surface area contributed by atoms with E-state index in [0.717, 1.165) is 17.6 Å². The number of benzene rings is 2. The number of anilines is 2. The third kappa shape index (κ3) is 3.22. The van der Waals surface area contributed by atoms with Gasteiger partial charge in [0.05, 0.1) is 28.7 Å². The summed E-state index contributed by atoms with van der Waals surface area (Å²) in [5.74, 6) is -1.03. The highest BCUT2D eigenvalue weighted by molar-refractivity contribution is 6.23. The van der Waals surface area contributed by atoms with Crippen molar-refractivity contribution < 1.29 is 22.8 Å². The molecule has 0 radical (unpaired) electrons.